The van der Waals surface area contributed by atoms with Crippen molar-refractivity contribution in [2.45, 2.75) is 65.0 Å². The number of benzene rings is 2. The average Bonchev–Trinajstić information content (AvgIpc) is 3.38. The molecule has 39 heavy (non-hydrogen) atoms. The van der Waals surface area contributed by atoms with Crippen LogP contribution in [0.25, 0.3) is 0 Å². The van der Waals surface area contributed by atoms with Crippen LogP contribution in [-0.4, -0.2) is 55.0 Å². The molecule has 1 saturated carbocycles. The number of hydrogen-bond acceptors (Lipinski definition) is 5. The molecule has 3 aromatic rings. The van der Waals surface area contributed by atoms with Crippen molar-refractivity contribution in [2.24, 2.45) is 0 Å². The molecule has 1 heterocycles. The maximum Gasteiger partial charge on any atom is 0.254 e. The van der Waals surface area contributed by atoms with Crippen LogP contribution >= 0.6 is 0 Å². The molecule has 1 fully saturated rings. The Morgan fingerprint density at radius 2 is 1.67 bits per heavy atom. The first kappa shape index (κ1) is 28.3. The molecule has 0 N–H and O–H groups in total. The predicted molar refractivity (Wildman–Crippen MR) is 151 cm³/mol. The van der Waals surface area contributed by atoms with Crippen molar-refractivity contribution in [3.63, 3.8) is 0 Å². The van der Waals surface area contributed by atoms with Crippen molar-refractivity contribution < 1.29 is 23.5 Å². The van der Waals surface area contributed by atoms with Crippen molar-refractivity contribution in [3.05, 3.63) is 82.8 Å². The monoisotopic (exact) mass is 532 g/mol. The van der Waals surface area contributed by atoms with Crippen molar-refractivity contribution >= 4 is 11.8 Å². The number of carbonyl (C=O) groups excluding carboxylic acids is 2. The van der Waals surface area contributed by atoms with Gasteiger partial charge in [-0.15, -0.1) is 0 Å². The number of rotatable bonds is 11. The lowest BCUT2D eigenvalue weighted by atomic mass is 9.93. The van der Waals surface area contributed by atoms with Crippen molar-refractivity contribution in [3.8, 4) is 11.5 Å². The van der Waals surface area contributed by atoms with E-state index in [1.165, 1.54) is 6.42 Å². The quantitative estimate of drug-likeness (QED) is 0.305. The molecule has 0 spiro atoms. The molecule has 0 unspecified atom stereocenters. The number of aryl methyl sites for hydroxylation is 2. The molecule has 4 rings (SSSR count). The molecule has 7 nitrogen and oxygen atoms in total. The Hall–Kier alpha value is -3.74. The first-order chi connectivity index (χ1) is 18.9. The summed E-state index contributed by atoms with van der Waals surface area (Å²) in [6, 6.07) is 17.3. The zero-order valence-corrected chi connectivity index (χ0v) is 23.6. The zero-order valence-electron chi connectivity index (χ0n) is 23.6. The van der Waals surface area contributed by atoms with Gasteiger partial charge in [-0.2, -0.15) is 0 Å². The van der Waals surface area contributed by atoms with Gasteiger partial charge in [-0.25, -0.2) is 0 Å². The first-order valence-corrected chi connectivity index (χ1v) is 13.8. The van der Waals surface area contributed by atoms with E-state index in [0.29, 0.717) is 36.6 Å². The number of methoxy groups -OCH3 is 2. The van der Waals surface area contributed by atoms with Crippen LogP contribution in [0.15, 0.2) is 59.0 Å². The molecule has 7 heteroatoms. The van der Waals surface area contributed by atoms with Gasteiger partial charge in [0, 0.05) is 18.2 Å². The van der Waals surface area contributed by atoms with E-state index < -0.39 is 0 Å². The van der Waals surface area contributed by atoms with E-state index in [1.54, 1.807) is 19.1 Å². The van der Waals surface area contributed by atoms with E-state index in [-0.39, 0.29) is 24.4 Å². The summed E-state index contributed by atoms with van der Waals surface area (Å²) in [5.74, 6) is 2.69. The fourth-order valence-corrected chi connectivity index (χ4v) is 5.32. The Morgan fingerprint density at radius 3 is 2.33 bits per heavy atom. The highest BCUT2D eigenvalue weighted by Crippen LogP contribution is 2.28. The third-order valence-electron chi connectivity index (χ3n) is 7.57. The molecular weight excluding hydrogens is 492 g/mol. The summed E-state index contributed by atoms with van der Waals surface area (Å²) in [5.41, 5.74) is 2.61. The minimum Gasteiger partial charge on any atom is -0.493 e. The average molecular weight is 533 g/mol. The summed E-state index contributed by atoms with van der Waals surface area (Å²) in [4.78, 5) is 31.3. The van der Waals surface area contributed by atoms with Gasteiger partial charge in [0.25, 0.3) is 5.91 Å². The van der Waals surface area contributed by atoms with Gasteiger partial charge in [0.1, 0.15) is 18.1 Å². The highest BCUT2D eigenvalue weighted by Gasteiger charge is 2.30. The lowest BCUT2D eigenvalue weighted by Gasteiger charge is -2.35. The summed E-state index contributed by atoms with van der Waals surface area (Å²) in [5, 5.41) is 0. The molecule has 0 saturated heterocycles. The van der Waals surface area contributed by atoms with Crippen LogP contribution in [0.4, 0.5) is 0 Å². The standard InChI is InChI=1S/C32H40N2O5/c1-23-10-8-9-13-28(23)32(36)34(26-11-6-5-7-12-26)22-31(35)33(21-27-16-14-24(2)39-27)19-18-25-15-17-29(37-3)30(20-25)38-4/h8-10,13-17,20,26H,5-7,11-12,18-19,21-22H2,1-4H3. The van der Waals surface area contributed by atoms with Crippen LogP contribution in [0.5, 0.6) is 11.5 Å². The van der Waals surface area contributed by atoms with Crippen LogP contribution < -0.4 is 9.47 Å². The third-order valence-corrected chi connectivity index (χ3v) is 7.57. The lowest BCUT2D eigenvalue weighted by molar-refractivity contribution is -0.133. The van der Waals surface area contributed by atoms with Crippen LogP contribution in [0.2, 0.25) is 0 Å². The maximum atomic E-state index is 13.9. The van der Waals surface area contributed by atoms with Gasteiger partial charge in [-0.1, -0.05) is 43.5 Å². The number of amides is 2. The Balaban J connectivity index is 1.56. The fourth-order valence-electron chi connectivity index (χ4n) is 5.32. The van der Waals surface area contributed by atoms with Crippen LogP contribution in [0, 0.1) is 13.8 Å². The Kier molecular flexibility index (Phi) is 9.69. The smallest absolute Gasteiger partial charge is 0.254 e. The summed E-state index contributed by atoms with van der Waals surface area (Å²) >= 11 is 0. The topological polar surface area (TPSA) is 72.2 Å². The maximum absolute atomic E-state index is 13.9. The fraction of sp³-hybridized carbons (Fsp3) is 0.438. The van der Waals surface area contributed by atoms with E-state index >= 15 is 0 Å². The van der Waals surface area contributed by atoms with Crippen molar-refractivity contribution in [1.29, 1.82) is 0 Å². The van der Waals surface area contributed by atoms with E-state index in [0.717, 1.165) is 48.3 Å². The highest BCUT2D eigenvalue weighted by molar-refractivity contribution is 5.98. The van der Waals surface area contributed by atoms with Gasteiger partial charge in [-0.3, -0.25) is 9.59 Å². The van der Waals surface area contributed by atoms with E-state index in [4.69, 9.17) is 13.9 Å². The minimum atomic E-state index is -0.0861. The molecule has 1 aromatic heterocycles. The van der Waals surface area contributed by atoms with Crippen molar-refractivity contribution in [1.82, 2.24) is 9.80 Å². The van der Waals surface area contributed by atoms with Crippen LogP contribution in [0.1, 0.15) is 65.1 Å². The van der Waals surface area contributed by atoms with Gasteiger partial charge in [0.05, 0.1) is 20.8 Å². The molecule has 0 atom stereocenters. The number of hydrogen-bond donors (Lipinski definition) is 0. The second kappa shape index (κ2) is 13.4. The van der Waals surface area contributed by atoms with E-state index in [1.807, 2.05) is 73.3 Å². The van der Waals surface area contributed by atoms with Gasteiger partial charge < -0.3 is 23.7 Å². The molecule has 2 amide bonds. The molecule has 208 valence electrons. The molecule has 0 radical (unpaired) electrons. The van der Waals surface area contributed by atoms with Crippen LogP contribution in [0.3, 0.4) is 0 Å². The SMILES string of the molecule is COc1ccc(CCN(Cc2ccc(C)o2)C(=O)CN(C(=O)c2ccccc2C)C2CCCCC2)cc1OC. The van der Waals surface area contributed by atoms with Crippen LogP contribution in [-0.2, 0) is 17.8 Å². The summed E-state index contributed by atoms with van der Waals surface area (Å²) in [6.07, 6.45) is 5.80. The molecule has 0 aliphatic heterocycles. The summed E-state index contributed by atoms with van der Waals surface area (Å²) in [6.45, 7) is 4.71. The largest absolute Gasteiger partial charge is 0.493 e. The highest BCUT2D eigenvalue weighted by atomic mass is 16.5. The van der Waals surface area contributed by atoms with Crippen molar-refractivity contribution in [2.75, 3.05) is 27.3 Å². The number of nitrogens with zero attached hydrogens (tertiary/aromatic N) is 2. The first-order valence-electron chi connectivity index (χ1n) is 13.8. The number of carbonyl (C=O) groups is 2. The van der Waals surface area contributed by atoms with Gasteiger partial charge in [0.2, 0.25) is 5.91 Å². The molecule has 0 bridgehead atoms. The van der Waals surface area contributed by atoms with E-state index in [2.05, 4.69) is 0 Å². The summed E-state index contributed by atoms with van der Waals surface area (Å²) < 4.78 is 16.7. The van der Waals surface area contributed by atoms with E-state index in [9.17, 15) is 9.59 Å². The molecule has 2 aromatic carbocycles. The Labute approximate surface area is 231 Å². The van der Waals surface area contributed by atoms with Gasteiger partial charge in [-0.05, 0) is 74.6 Å². The second-order valence-electron chi connectivity index (χ2n) is 10.3. The predicted octanol–water partition coefficient (Wildman–Crippen LogP) is 5.96. The Morgan fingerprint density at radius 1 is 0.923 bits per heavy atom. The van der Waals surface area contributed by atoms with Gasteiger partial charge in [0.15, 0.2) is 11.5 Å². The number of ether oxygens (including phenoxy) is 2. The molecular formula is C32H40N2O5. The normalized spacial score (nSPS) is 13.6. The van der Waals surface area contributed by atoms with Gasteiger partial charge >= 0.3 is 0 Å². The number of furan rings is 1. The second-order valence-corrected chi connectivity index (χ2v) is 10.3. The summed E-state index contributed by atoms with van der Waals surface area (Å²) in [7, 11) is 3.22. The molecule has 1 aliphatic carbocycles. The Bertz CT molecular complexity index is 1260. The minimum absolute atomic E-state index is 0.0451. The third kappa shape index (κ3) is 7.22. The lowest BCUT2D eigenvalue weighted by Crippen LogP contribution is -2.48. The molecule has 1 aliphatic rings. The zero-order chi connectivity index (χ0) is 27.8.